The van der Waals surface area contributed by atoms with Crippen LogP contribution in [0.2, 0.25) is 0 Å². The van der Waals surface area contributed by atoms with E-state index in [-0.39, 0.29) is 36.8 Å². The Hall–Kier alpha value is 0.250. The number of amides is 1. The van der Waals surface area contributed by atoms with Crippen molar-refractivity contribution in [3.05, 3.63) is 25.4 Å². The first kappa shape index (κ1) is 31.5. The minimum absolute atomic E-state index is 0.00656. The number of hydrogen-bond donors (Lipinski definition) is 3. The molecule has 0 aromatic heterocycles. The Labute approximate surface area is 252 Å². The summed E-state index contributed by atoms with van der Waals surface area (Å²) in [6.45, 7) is 0. The first-order valence-electron chi connectivity index (χ1n) is 9.56. The highest BCUT2D eigenvalue weighted by Gasteiger charge is 2.46. The van der Waals surface area contributed by atoms with E-state index in [1.165, 1.54) is 0 Å². The van der Waals surface area contributed by atoms with Gasteiger partial charge in [0.15, 0.2) is 0 Å². The van der Waals surface area contributed by atoms with E-state index in [0.29, 0.717) is 10.7 Å². The fourth-order valence-electron chi connectivity index (χ4n) is 3.40. The van der Waals surface area contributed by atoms with Crippen molar-refractivity contribution < 1.29 is 50.4 Å². The molecule has 1 amide bonds. The summed E-state index contributed by atoms with van der Waals surface area (Å²) in [6, 6.07) is -0.463. The van der Waals surface area contributed by atoms with Gasteiger partial charge in [0.05, 0.1) is 17.0 Å². The van der Waals surface area contributed by atoms with Crippen molar-refractivity contribution in [2.75, 3.05) is 5.75 Å². The van der Waals surface area contributed by atoms with Gasteiger partial charge in [0, 0.05) is 20.3 Å². The Morgan fingerprint density at radius 3 is 1.89 bits per heavy atom. The van der Waals surface area contributed by atoms with E-state index in [0.717, 1.165) is 3.57 Å². The third-order valence-corrected chi connectivity index (χ3v) is 13.2. The molecule has 1 aromatic rings. The number of esters is 1. The third-order valence-electron chi connectivity index (χ3n) is 5.09. The van der Waals surface area contributed by atoms with E-state index in [2.05, 4.69) is 10.1 Å². The molecule has 1 saturated carbocycles. The van der Waals surface area contributed by atoms with Crippen LogP contribution >= 0.6 is 90.4 Å². The molecular weight excluding hydrogens is 955 g/mol. The van der Waals surface area contributed by atoms with Crippen molar-refractivity contribution in [1.82, 2.24) is 5.32 Å². The van der Waals surface area contributed by atoms with Gasteiger partial charge >= 0.3 is 18.1 Å². The largest absolute Gasteiger partial charge is 0.478 e. The second kappa shape index (κ2) is 12.4. The lowest BCUT2D eigenvalue weighted by Gasteiger charge is -2.29. The Morgan fingerprint density at radius 1 is 0.971 bits per heavy atom. The monoisotopic (exact) mass is 971 g/mol. The SMILES string of the molecule is O=C(O)c1c(I)c(I)c(I)c(I)c1C(=O)NC1CCC(C(=O)OC(CS(=O)(=O)O)C(F)(F)F)CC1. The highest BCUT2D eigenvalue weighted by atomic mass is 127. The highest BCUT2D eigenvalue weighted by molar-refractivity contribution is 14.1. The molecule has 9 nitrogen and oxygen atoms in total. The highest BCUT2D eigenvalue weighted by Crippen LogP contribution is 2.34. The van der Waals surface area contributed by atoms with Gasteiger partial charge in [-0.05, 0) is 116 Å². The third kappa shape index (κ3) is 8.37. The summed E-state index contributed by atoms with van der Waals surface area (Å²) in [5.74, 6) is -5.88. The predicted molar refractivity (Wildman–Crippen MR) is 150 cm³/mol. The average Bonchev–Trinajstić information content (AvgIpc) is 2.72. The molecule has 196 valence electrons. The zero-order valence-corrected chi connectivity index (χ0v) is 26.6. The van der Waals surface area contributed by atoms with E-state index >= 15 is 0 Å². The van der Waals surface area contributed by atoms with Gasteiger partial charge in [0.2, 0.25) is 6.10 Å². The number of alkyl halides is 3. The van der Waals surface area contributed by atoms with Crippen LogP contribution < -0.4 is 5.32 Å². The van der Waals surface area contributed by atoms with Crippen molar-refractivity contribution in [3.63, 3.8) is 0 Å². The molecule has 0 radical (unpaired) electrons. The smallest absolute Gasteiger partial charge is 0.426 e. The maximum absolute atomic E-state index is 13.0. The lowest BCUT2D eigenvalue weighted by Crippen LogP contribution is -2.43. The van der Waals surface area contributed by atoms with Gasteiger partial charge in [-0.2, -0.15) is 21.6 Å². The summed E-state index contributed by atoms with van der Waals surface area (Å²) < 4.78 is 76.1. The fraction of sp³-hybridized carbons (Fsp3) is 0.500. The zero-order chi connectivity index (χ0) is 26.9. The average molecular weight is 971 g/mol. The molecule has 1 fully saturated rings. The number of benzene rings is 1. The first-order chi connectivity index (χ1) is 15.9. The summed E-state index contributed by atoms with van der Waals surface area (Å²) >= 11 is 7.78. The Morgan fingerprint density at radius 2 is 1.46 bits per heavy atom. The fourth-order valence-corrected chi connectivity index (χ4v) is 7.70. The van der Waals surface area contributed by atoms with Gasteiger partial charge in [-0.1, -0.05) is 0 Å². The zero-order valence-electron chi connectivity index (χ0n) is 17.2. The van der Waals surface area contributed by atoms with Gasteiger partial charge < -0.3 is 15.2 Å². The number of carbonyl (C=O) groups excluding carboxylic acids is 2. The second-order valence-corrected chi connectivity index (χ2v) is 13.4. The normalized spacial score (nSPS) is 19.7. The van der Waals surface area contributed by atoms with Crippen molar-refractivity contribution in [3.8, 4) is 0 Å². The van der Waals surface area contributed by atoms with Gasteiger partial charge in [-0.3, -0.25) is 14.1 Å². The van der Waals surface area contributed by atoms with E-state index in [1.807, 2.05) is 90.4 Å². The number of carboxylic acids is 1. The summed E-state index contributed by atoms with van der Waals surface area (Å²) in [4.78, 5) is 37.0. The van der Waals surface area contributed by atoms with Crippen LogP contribution in [-0.2, 0) is 19.6 Å². The molecule has 2 rings (SSSR count). The van der Waals surface area contributed by atoms with Crippen LogP contribution in [0.1, 0.15) is 46.4 Å². The van der Waals surface area contributed by atoms with E-state index < -0.39 is 58.0 Å². The lowest BCUT2D eigenvalue weighted by atomic mass is 9.86. The number of carbonyl (C=O) groups is 3. The minimum Gasteiger partial charge on any atom is -0.478 e. The molecule has 35 heavy (non-hydrogen) atoms. The Balaban J connectivity index is 2.09. The van der Waals surface area contributed by atoms with Crippen LogP contribution in [0.4, 0.5) is 13.2 Å². The summed E-state index contributed by atoms with van der Waals surface area (Å²) in [5.41, 5.74) is -0.126. The van der Waals surface area contributed by atoms with E-state index in [1.54, 1.807) is 0 Å². The molecule has 3 N–H and O–H groups in total. The number of aromatic carboxylic acids is 1. The van der Waals surface area contributed by atoms with Gasteiger partial charge in [0.1, 0.15) is 5.75 Å². The molecule has 1 atom stereocenters. The molecule has 0 heterocycles. The molecular formula is C18H16F3I4NO8S. The van der Waals surface area contributed by atoms with Crippen LogP contribution in [0.15, 0.2) is 0 Å². The standard InChI is InChI=1S/C18H16F3I4NO8S/c19-18(20,21)8(5-35(31,32)33)34-17(30)6-1-3-7(4-2-6)26-15(27)9-10(16(28)29)12(23)14(25)13(24)11(9)22/h6-8H,1-5H2,(H,26,27)(H,28,29)(H,31,32,33). The maximum atomic E-state index is 13.0. The Kier molecular flexibility index (Phi) is 11.2. The van der Waals surface area contributed by atoms with Gasteiger partial charge in [-0.15, -0.1) is 0 Å². The molecule has 1 aliphatic carbocycles. The number of halogens is 7. The summed E-state index contributed by atoms with van der Waals surface area (Å²) in [6.07, 6.45) is -7.64. The Bertz CT molecular complexity index is 1140. The van der Waals surface area contributed by atoms with Crippen LogP contribution in [0, 0.1) is 20.2 Å². The van der Waals surface area contributed by atoms with Gasteiger partial charge in [0.25, 0.3) is 16.0 Å². The minimum atomic E-state index is -5.18. The predicted octanol–water partition coefficient (Wildman–Crippen LogP) is 4.45. The van der Waals surface area contributed by atoms with Crippen LogP contribution in [0.3, 0.4) is 0 Å². The topological polar surface area (TPSA) is 147 Å². The maximum Gasteiger partial charge on any atom is 0.426 e. The van der Waals surface area contributed by atoms with E-state index in [9.17, 15) is 41.1 Å². The summed E-state index contributed by atoms with van der Waals surface area (Å²) in [7, 11) is -5.04. The molecule has 1 aliphatic rings. The number of nitrogens with one attached hydrogen (secondary N) is 1. The van der Waals surface area contributed by atoms with Crippen molar-refractivity contribution in [2.24, 2.45) is 5.92 Å². The molecule has 0 aliphatic heterocycles. The number of carboxylic acid groups (broad SMARTS) is 1. The number of rotatable bonds is 7. The first-order valence-corrected chi connectivity index (χ1v) is 15.5. The van der Waals surface area contributed by atoms with Crippen LogP contribution in [0.25, 0.3) is 0 Å². The molecule has 1 aromatic carbocycles. The lowest BCUT2D eigenvalue weighted by molar-refractivity contribution is -0.218. The quantitative estimate of drug-likeness (QED) is 0.120. The van der Waals surface area contributed by atoms with E-state index in [4.69, 9.17) is 4.55 Å². The van der Waals surface area contributed by atoms with Crippen molar-refractivity contribution >= 4 is 118 Å². The van der Waals surface area contributed by atoms with Crippen molar-refractivity contribution in [1.29, 1.82) is 0 Å². The van der Waals surface area contributed by atoms with Crippen LogP contribution in [0.5, 0.6) is 0 Å². The molecule has 0 saturated heterocycles. The molecule has 0 spiro atoms. The number of hydrogen-bond acceptors (Lipinski definition) is 6. The van der Waals surface area contributed by atoms with Crippen molar-refractivity contribution in [2.45, 2.75) is 44.0 Å². The molecule has 17 heteroatoms. The van der Waals surface area contributed by atoms with Crippen LogP contribution in [-0.4, -0.2) is 60.0 Å². The van der Waals surface area contributed by atoms with Gasteiger partial charge in [-0.25, -0.2) is 4.79 Å². The molecule has 1 unspecified atom stereocenters. The number of ether oxygens (including phenoxy) is 1. The summed E-state index contributed by atoms with van der Waals surface area (Å²) in [5, 5.41) is 12.4. The second-order valence-electron chi connectivity index (χ2n) is 7.55. The molecule has 0 bridgehead atoms.